The molecule has 3 aliphatic carbocycles. The van der Waals surface area contributed by atoms with Crippen LogP contribution in [0.4, 0.5) is 10.3 Å². The van der Waals surface area contributed by atoms with Gasteiger partial charge in [0, 0.05) is 6.04 Å². The quantitative estimate of drug-likeness (QED) is 0.899. The van der Waals surface area contributed by atoms with Gasteiger partial charge in [-0.25, -0.2) is 8.91 Å². The molecule has 5 heteroatoms. The zero-order valence-corrected chi connectivity index (χ0v) is 10.5. The molecule has 2 aromatic heterocycles. The molecule has 4 unspecified atom stereocenters. The minimum Gasteiger partial charge on any atom is -0.350 e. The van der Waals surface area contributed by atoms with Gasteiger partial charge < -0.3 is 5.32 Å². The Morgan fingerprint density at radius 3 is 2.79 bits per heavy atom. The van der Waals surface area contributed by atoms with Gasteiger partial charge in [-0.1, -0.05) is 0 Å². The SMILES string of the molecule is Fc1ccc2nc(NC3C4C5CCC(C5)C34)nn2c1. The predicted octanol–water partition coefficient (Wildman–Crippen LogP) is 2.32. The van der Waals surface area contributed by atoms with Crippen LogP contribution in [0.2, 0.25) is 0 Å². The summed E-state index contributed by atoms with van der Waals surface area (Å²) in [6.07, 6.45) is 5.63. The van der Waals surface area contributed by atoms with Gasteiger partial charge in [0.25, 0.3) is 0 Å². The van der Waals surface area contributed by atoms with Gasteiger partial charge in [-0.3, -0.25) is 0 Å². The highest BCUT2D eigenvalue weighted by atomic mass is 19.1. The van der Waals surface area contributed by atoms with E-state index in [2.05, 4.69) is 15.4 Å². The van der Waals surface area contributed by atoms with Crippen molar-refractivity contribution in [2.24, 2.45) is 23.7 Å². The average molecular weight is 258 g/mol. The minimum absolute atomic E-state index is 0.287. The number of nitrogens with one attached hydrogen (secondary N) is 1. The van der Waals surface area contributed by atoms with Crippen LogP contribution in [0.3, 0.4) is 0 Å². The summed E-state index contributed by atoms with van der Waals surface area (Å²) in [6.45, 7) is 0. The monoisotopic (exact) mass is 258 g/mol. The van der Waals surface area contributed by atoms with Crippen LogP contribution in [0.25, 0.3) is 5.65 Å². The fourth-order valence-corrected chi connectivity index (χ4v) is 4.59. The van der Waals surface area contributed by atoms with Gasteiger partial charge in [-0.2, -0.15) is 4.98 Å². The summed E-state index contributed by atoms with van der Waals surface area (Å²) in [6, 6.07) is 3.64. The maximum Gasteiger partial charge on any atom is 0.243 e. The third-order valence-corrected chi connectivity index (χ3v) is 5.33. The second-order valence-electron chi connectivity index (χ2n) is 6.24. The predicted molar refractivity (Wildman–Crippen MR) is 68.2 cm³/mol. The second-order valence-corrected chi connectivity index (χ2v) is 6.24. The summed E-state index contributed by atoms with van der Waals surface area (Å²) in [5.41, 5.74) is 0.692. The molecule has 19 heavy (non-hydrogen) atoms. The molecule has 2 aromatic rings. The van der Waals surface area contributed by atoms with Crippen LogP contribution in [0.1, 0.15) is 19.3 Å². The second kappa shape index (κ2) is 3.26. The van der Waals surface area contributed by atoms with Crippen molar-refractivity contribution in [3.63, 3.8) is 0 Å². The molecule has 0 amide bonds. The number of pyridine rings is 1. The lowest BCUT2D eigenvalue weighted by molar-refractivity contribution is 0.456. The Hall–Kier alpha value is -1.65. The Morgan fingerprint density at radius 1 is 1.21 bits per heavy atom. The first-order valence-electron chi connectivity index (χ1n) is 7.08. The molecule has 4 nitrogen and oxygen atoms in total. The van der Waals surface area contributed by atoms with Gasteiger partial charge in [0.15, 0.2) is 5.65 Å². The van der Waals surface area contributed by atoms with E-state index in [1.54, 1.807) is 6.07 Å². The maximum absolute atomic E-state index is 13.1. The fourth-order valence-electron chi connectivity index (χ4n) is 4.59. The Kier molecular flexibility index (Phi) is 1.75. The Balaban J connectivity index is 1.41. The summed E-state index contributed by atoms with van der Waals surface area (Å²) in [7, 11) is 0. The average Bonchev–Trinajstić information content (AvgIpc) is 2.79. The number of aromatic nitrogens is 3. The number of nitrogens with zero attached hydrogens (tertiary/aromatic N) is 3. The van der Waals surface area contributed by atoms with Crippen LogP contribution >= 0.6 is 0 Å². The highest BCUT2D eigenvalue weighted by molar-refractivity contribution is 5.45. The van der Waals surface area contributed by atoms with E-state index < -0.39 is 0 Å². The van der Waals surface area contributed by atoms with Gasteiger partial charge in [0.05, 0.1) is 6.20 Å². The van der Waals surface area contributed by atoms with Crippen molar-refractivity contribution >= 4 is 11.6 Å². The molecule has 0 aliphatic heterocycles. The minimum atomic E-state index is -0.287. The number of halogens is 1. The standard InChI is InChI=1S/C14H15FN4/c15-9-3-4-10-16-14(18-19(10)6-9)17-13-11-7-1-2-8(5-7)12(11)13/h3-4,6-8,11-13H,1-2,5H2,(H,17,18). The van der Waals surface area contributed by atoms with Crippen LogP contribution in [0.15, 0.2) is 18.3 Å². The van der Waals surface area contributed by atoms with Crippen LogP contribution in [0.5, 0.6) is 0 Å². The van der Waals surface area contributed by atoms with Crippen LogP contribution in [-0.4, -0.2) is 20.6 Å². The molecule has 0 spiro atoms. The molecule has 3 aliphatic rings. The Morgan fingerprint density at radius 2 is 2.00 bits per heavy atom. The lowest BCUT2D eigenvalue weighted by Crippen LogP contribution is -2.13. The normalized spacial score (nSPS) is 38.7. The summed E-state index contributed by atoms with van der Waals surface area (Å²) >= 11 is 0. The highest BCUT2D eigenvalue weighted by Crippen LogP contribution is 2.66. The number of hydrogen-bond acceptors (Lipinski definition) is 3. The molecule has 3 saturated carbocycles. The van der Waals surface area contributed by atoms with E-state index >= 15 is 0 Å². The van der Waals surface area contributed by atoms with Crippen LogP contribution in [-0.2, 0) is 0 Å². The molecule has 98 valence electrons. The van der Waals surface area contributed by atoms with Crippen LogP contribution in [0, 0.1) is 29.5 Å². The van der Waals surface area contributed by atoms with Crippen LogP contribution < -0.4 is 5.32 Å². The van der Waals surface area contributed by atoms with Crippen molar-refractivity contribution in [1.29, 1.82) is 0 Å². The Bertz CT molecular complexity index is 651. The summed E-state index contributed by atoms with van der Waals surface area (Å²) in [5, 5.41) is 7.77. The molecule has 0 radical (unpaired) electrons. The van der Waals surface area contributed by atoms with Crippen molar-refractivity contribution in [3.05, 3.63) is 24.1 Å². The first kappa shape index (κ1) is 10.2. The van der Waals surface area contributed by atoms with Crippen molar-refractivity contribution in [2.45, 2.75) is 25.3 Å². The summed E-state index contributed by atoms with van der Waals surface area (Å²) < 4.78 is 14.6. The van der Waals surface area contributed by atoms with E-state index in [0.29, 0.717) is 17.6 Å². The third-order valence-electron chi connectivity index (χ3n) is 5.33. The van der Waals surface area contributed by atoms with E-state index in [-0.39, 0.29) is 5.82 Å². The van der Waals surface area contributed by atoms with Gasteiger partial charge in [0.2, 0.25) is 5.95 Å². The molecular formula is C14H15FN4. The van der Waals surface area contributed by atoms with Gasteiger partial charge in [0.1, 0.15) is 5.82 Å². The zero-order chi connectivity index (χ0) is 12.6. The summed E-state index contributed by atoms with van der Waals surface area (Å²) in [4.78, 5) is 4.41. The van der Waals surface area contributed by atoms with Crippen molar-refractivity contribution < 1.29 is 4.39 Å². The van der Waals surface area contributed by atoms with Crippen molar-refractivity contribution in [3.8, 4) is 0 Å². The molecule has 3 fully saturated rings. The lowest BCUT2D eigenvalue weighted by Gasteiger charge is -2.08. The lowest BCUT2D eigenvalue weighted by atomic mass is 10.0. The van der Waals surface area contributed by atoms with Gasteiger partial charge in [-0.05, 0) is 55.1 Å². The largest absolute Gasteiger partial charge is 0.350 e. The van der Waals surface area contributed by atoms with E-state index in [0.717, 1.165) is 23.7 Å². The van der Waals surface area contributed by atoms with Gasteiger partial charge >= 0.3 is 0 Å². The molecule has 2 bridgehead atoms. The highest BCUT2D eigenvalue weighted by Gasteiger charge is 2.65. The smallest absolute Gasteiger partial charge is 0.243 e. The van der Waals surface area contributed by atoms with E-state index in [1.807, 2.05) is 0 Å². The number of anilines is 1. The fraction of sp³-hybridized carbons (Fsp3) is 0.571. The molecule has 0 aromatic carbocycles. The van der Waals surface area contributed by atoms with Crippen molar-refractivity contribution in [1.82, 2.24) is 14.6 Å². The molecule has 1 N–H and O–H groups in total. The number of rotatable bonds is 2. The number of fused-ring (bicyclic) bond motifs is 6. The third kappa shape index (κ3) is 1.33. The molecular weight excluding hydrogens is 243 g/mol. The molecule has 0 saturated heterocycles. The molecule has 4 atom stereocenters. The Labute approximate surface area is 110 Å². The van der Waals surface area contributed by atoms with E-state index in [1.165, 1.54) is 36.0 Å². The van der Waals surface area contributed by atoms with Crippen molar-refractivity contribution in [2.75, 3.05) is 5.32 Å². The maximum atomic E-state index is 13.1. The van der Waals surface area contributed by atoms with E-state index in [4.69, 9.17) is 0 Å². The topological polar surface area (TPSA) is 42.2 Å². The van der Waals surface area contributed by atoms with Gasteiger partial charge in [-0.15, -0.1) is 5.10 Å². The molecule has 2 heterocycles. The number of hydrogen-bond donors (Lipinski definition) is 1. The first-order valence-corrected chi connectivity index (χ1v) is 7.08. The first-order chi connectivity index (χ1) is 9.29. The molecule has 5 rings (SSSR count). The summed E-state index contributed by atoms with van der Waals surface area (Å²) in [5.74, 6) is 3.92. The zero-order valence-electron chi connectivity index (χ0n) is 10.5. The van der Waals surface area contributed by atoms with E-state index in [9.17, 15) is 4.39 Å².